The maximum Gasteiger partial charge on any atom is 0.124 e. The van der Waals surface area contributed by atoms with Crippen LogP contribution < -0.4 is 0 Å². The van der Waals surface area contributed by atoms with Crippen molar-refractivity contribution in [3.05, 3.63) is 29.0 Å². The Hall–Kier alpha value is -1.24. The van der Waals surface area contributed by atoms with Crippen molar-refractivity contribution < 1.29 is 0 Å². The molecule has 0 unspecified atom stereocenters. The molecule has 2 aromatic rings. The molecule has 1 heterocycles. The highest BCUT2D eigenvalue weighted by Gasteiger charge is 2.09. The highest BCUT2D eigenvalue weighted by molar-refractivity contribution is 6.31. The Morgan fingerprint density at radius 2 is 2.24 bits per heavy atom. The van der Waals surface area contributed by atoms with Gasteiger partial charge in [0.1, 0.15) is 5.82 Å². The molecular weight excluding hydrogens is 257 g/mol. The van der Waals surface area contributed by atoms with Gasteiger partial charge in [0.05, 0.1) is 23.0 Å². The Balaban J connectivity index is 2.40. The minimum atomic E-state index is 0.360. The summed E-state index contributed by atoms with van der Waals surface area (Å²) < 4.78 is 2.05. The number of hydrogen-bond acceptors (Lipinski definition) is 2. The molecular formula is C12H11Cl2N3. The number of unbranched alkanes of at least 4 members (excludes halogenated alkanes) is 1. The van der Waals surface area contributed by atoms with Crippen LogP contribution in [-0.2, 0) is 12.4 Å². The lowest BCUT2D eigenvalue weighted by atomic mass is 10.3. The molecule has 0 N–H and O–H groups in total. The fraction of sp³-hybridized carbons (Fsp3) is 0.333. The van der Waals surface area contributed by atoms with E-state index in [1.54, 1.807) is 0 Å². The topological polar surface area (TPSA) is 41.6 Å². The van der Waals surface area contributed by atoms with E-state index in [9.17, 15) is 0 Å². The maximum absolute atomic E-state index is 8.55. The van der Waals surface area contributed by atoms with E-state index in [1.807, 2.05) is 18.2 Å². The SMILES string of the molecule is N#CCCCn1c(CCl)nc2cc(Cl)ccc21. The molecule has 0 saturated heterocycles. The summed E-state index contributed by atoms with van der Waals surface area (Å²) in [7, 11) is 0. The molecule has 0 amide bonds. The van der Waals surface area contributed by atoms with Crippen LogP contribution in [-0.4, -0.2) is 9.55 Å². The molecule has 0 aliphatic rings. The number of fused-ring (bicyclic) bond motifs is 1. The minimum Gasteiger partial charge on any atom is -0.327 e. The summed E-state index contributed by atoms with van der Waals surface area (Å²) in [4.78, 5) is 4.43. The average Bonchev–Trinajstić information content (AvgIpc) is 2.67. The largest absolute Gasteiger partial charge is 0.327 e. The molecule has 0 aliphatic carbocycles. The lowest BCUT2D eigenvalue weighted by Crippen LogP contribution is -2.02. The van der Waals surface area contributed by atoms with Gasteiger partial charge >= 0.3 is 0 Å². The summed E-state index contributed by atoms with van der Waals surface area (Å²) in [6.45, 7) is 0.758. The molecule has 0 fully saturated rings. The number of rotatable bonds is 4. The molecule has 0 radical (unpaired) electrons. The van der Waals surface area contributed by atoms with Gasteiger partial charge in [-0.05, 0) is 24.6 Å². The highest BCUT2D eigenvalue weighted by atomic mass is 35.5. The summed E-state index contributed by atoms with van der Waals surface area (Å²) in [5.74, 6) is 1.18. The number of benzene rings is 1. The average molecular weight is 268 g/mol. The van der Waals surface area contributed by atoms with Crippen LogP contribution in [0, 0.1) is 11.3 Å². The molecule has 1 aromatic carbocycles. The number of aromatic nitrogens is 2. The number of alkyl halides is 1. The molecule has 1 aromatic heterocycles. The molecule has 0 spiro atoms. The van der Waals surface area contributed by atoms with Gasteiger partial charge < -0.3 is 4.57 Å². The zero-order valence-corrected chi connectivity index (χ0v) is 10.7. The Bertz CT molecular complexity index is 569. The molecule has 0 saturated carbocycles. The van der Waals surface area contributed by atoms with Crippen molar-refractivity contribution >= 4 is 34.2 Å². The molecule has 17 heavy (non-hydrogen) atoms. The van der Waals surface area contributed by atoms with Crippen molar-refractivity contribution in [2.24, 2.45) is 0 Å². The third-order valence-corrected chi connectivity index (χ3v) is 3.05. The van der Waals surface area contributed by atoms with Crippen molar-refractivity contribution in [3.63, 3.8) is 0 Å². The molecule has 5 heteroatoms. The van der Waals surface area contributed by atoms with E-state index in [0.29, 0.717) is 17.3 Å². The minimum absolute atomic E-state index is 0.360. The third kappa shape index (κ3) is 2.54. The van der Waals surface area contributed by atoms with E-state index in [2.05, 4.69) is 15.6 Å². The number of nitrogens with zero attached hydrogens (tertiary/aromatic N) is 3. The first kappa shape index (κ1) is 12.2. The predicted molar refractivity (Wildman–Crippen MR) is 69.1 cm³/mol. The molecule has 88 valence electrons. The zero-order valence-electron chi connectivity index (χ0n) is 9.16. The van der Waals surface area contributed by atoms with Crippen LogP contribution in [0.25, 0.3) is 11.0 Å². The number of hydrogen-bond donors (Lipinski definition) is 0. The van der Waals surface area contributed by atoms with Gasteiger partial charge in [0.2, 0.25) is 0 Å². The Morgan fingerprint density at radius 1 is 1.41 bits per heavy atom. The smallest absolute Gasteiger partial charge is 0.124 e. The zero-order chi connectivity index (χ0) is 12.3. The van der Waals surface area contributed by atoms with Crippen molar-refractivity contribution in [2.45, 2.75) is 25.3 Å². The molecule has 0 aliphatic heterocycles. The number of imidazole rings is 1. The second-order valence-electron chi connectivity index (χ2n) is 3.71. The third-order valence-electron chi connectivity index (χ3n) is 2.58. The first-order chi connectivity index (χ1) is 8.26. The van der Waals surface area contributed by atoms with E-state index in [1.165, 1.54) is 0 Å². The van der Waals surface area contributed by atoms with Crippen LogP contribution in [0.4, 0.5) is 0 Å². The van der Waals surface area contributed by atoms with Gasteiger partial charge in [-0.25, -0.2) is 4.98 Å². The predicted octanol–water partition coefficient (Wildman–Crippen LogP) is 3.73. The van der Waals surface area contributed by atoms with Crippen LogP contribution >= 0.6 is 23.2 Å². The van der Waals surface area contributed by atoms with Crippen LogP contribution in [0.3, 0.4) is 0 Å². The Morgan fingerprint density at radius 3 is 2.94 bits per heavy atom. The normalized spacial score (nSPS) is 10.6. The summed E-state index contributed by atoms with van der Waals surface area (Å²) in [6, 6.07) is 7.74. The van der Waals surface area contributed by atoms with Gasteiger partial charge in [0.25, 0.3) is 0 Å². The summed E-state index contributed by atoms with van der Waals surface area (Å²) in [5, 5.41) is 9.22. The fourth-order valence-electron chi connectivity index (χ4n) is 1.82. The number of aryl methyl sites for hydroxylation is 1. The van der Waals surface area contributed by atoms with Crippen molar-refractivity contribution in [1.82, 2.24) is 9.55 Å². The Labute approximate surface area is 110 Å². The lowest BCUT2D eigenvalue weighted by Gasteiger charge is -2.05. The van der Waals surface area contributed by atoms with Crippen molar-refractivity contribution in [1.29, 1.82) is 5.26 Å². The van der Waals surface area contributed by atoms with Crippen molar-refractivity contribution in [3.8, 4) is 6.07 Å². The molecule has 2 rings (SSSR count). The number of halogens is 2. The van der Waals surface area contributed by atoms with Crippen LogP contribution in [0.5, 0.6) is 0 Å². The van der Waals surface area contributed by atoms with E-state index in [4.69, 9.17) is 28.5 Å². The highest BCUT2D eigenvalue weighted by Crippen LogP contribution is 2.22. The van der Waals surface area contributed by atoms with Gasteiger partial charge in [-0.3, -0.25) is 0 Å². The molecule has 0 atom stereocenters. The lowest BCUT2D eigenvalue weighted by molar-refractivity contribution is 0.648. The summed E-state index contributed by atoms with van der Waals surface area (Å²) in [6.07, 6.45) is 1.34. The summed E-state index contributed by atoms with van der Waals surface area (Å²) in [5.41, 5.74) is 1.87. The van der Waals surface area contributed by atoms with E-state index < -0.39 is 0 Å². The van der Waals surface area contributed by atoms with Crippen LogP contribution in [0.1, 0.15) is 18.7 Å². The number of nitriles is 1. The summed E-state index contributed by atoms with van der Waals surface area (Å²) >= 11 is 11.8. The van der Waals surface area contributed by atoms with E-state index >= 15 is 0 Å². The van der Waals surface area contributed by atoms with Crippen LogP contribution in [0.2, 0.25) is 5.02 Å². The first-order valence-electron chi connectivity index (χ1n) is 5.34. The second-order valence-corrected chi connectivity index (χ2v) is 4.41. The van der Waals surface area contributed by atoms with Gasteiger partial charge in [-0.15, -0.1) is 11.6 Å². The fourth-order valence-corrected chi connectivity index (χ4v) is 2.19. The maximum atomic E-state index is 8.55. The van der Waals surface area contributed by atoms with Crippen molar-refractivity contribution in [2.75, 3.05) is 0 Å². The monoisotopic (exact) mass is 267 g/mol. The molecule has 0 bridgehead atoms. The van der Waals surface area contributed by atoms with E-state index in [0.717, 1.165) is 29.8 Å². The van der Waals surface area contributed by atoms with Gasteiger partial charge in [0.15, 0.2) is 0 Å². The Kier molecular flexibility index (Phi) is 3.88. The van der Waals surface area contributed by atoms with Gasteiger partial charge in [0, 0.05) is 18.0 Å². The van der Waals surface area contributed by atoms with Gasteiger partial charge in [-0.2, -0.15) is 5.26 Å². The van der Waals surface area contributed by atoms with Gasteiger partial charge in [-0.1, -0.05) is 11.6 Å². The first-order valence-corrected chi connectivity index (χ1v) is 6.25. The van der Waals surface area contributed by atoms with Crippen LogP contribution in [0.15, 0.2) is 18.2 Å². The second kappa shape index (κ2) is 5.39. The standard InChI is InChI=1S/C12H11Cl2N3/c13-8-12-16-10-7-9(14)3-4-11(10)17(12)6-2-1-5-15/h3-4,7H,1-2,6,8H2. The molecule has 3 nitrogen and oxygen atoms in total. The van der Waals surface area contributed by atoms with E-state index in [-0.39, 0.29) is 0 Å². The quantitative estimate of drug-likeness (QED) is 0.626.